The van der Waals surface area contributed by atoms with Crippen LogP contribution in [0, 0.1) is 0 Å². The number of aryl methyl sites for hydroxylation is 1. The van der Waals surface area contributed by atoms with Crippen LogP contribution in [0.5, 0.6) is 5.88 Å². The van der Waals surface area contributed by atoms with Gasteiger partial charge in [0, 0.05) is 18.7 Å². The van der Waals surface area contributed by atoms with E-state index in [0.29, 0.717) is 6.54 Å². The summed E-state index contributed by atoms with van der Waals surface area (Å²) >= 11 is 0. The molecule has 0 fully saturated rings. The predicted molar refractivity (Wildman–Crippen MR) is 42.3 cm³/mol. The molecule has 1 heterocycles. The zero-order valence-corrected chi connectivity index (χ0v) is 6.87. The van der Waals surface area contributed by atoms with Crippen LogP contribution in [0.1, 0.15) is 12.5 Å². The van der Waals surface area contributed by atoms with E-state index >= 15 is 0 Å². The van der Waals surface area contributed by atoms with Gasteiger partial charge >= 0.3 is 0 Å². The molecule has 4 heteroatoms. The van der Waals surface area contributed by atoms with Gasteiger partial charge in [-0.2, -0.15) is 5.10 Å². The molecule has 0 amide bonds. The second kappa shape index (κ2) is 3.39. The standard InChI is InChI=1S/C7H13N3O/c1-3-10-7(11-2)6(4-8)5-9-10/h5H,3-4,8H2,1-2H3. The largest absolute Gasteiger partial charge is 0.481 e. The van der Waals surface area contributed by atoms with Crippen molar-refractivity contribution < 1.29 is 4.74 Å². The Kier molecular flexibility index (Phi) is 2.48. The van der Waals surface area contributed by atoms with Crippen molar-refractivity contribution in [1.29, 1.82) is 0 Å². The van der Waals surface area contributed by atoms with Crippen LogP contribution in [-0.4, -0.2) is 16.9 Å². The van der Waals surface area contributed by atoms with E-state index in [0.717, 1.165) is 18.0 Å². The third-order valence-electron chi connectivity index (χ3n) is 1.57. The summed E-state index contributed by atoms with van der Waals surface area (Å²) in [4.78, 5) is 0. The molecule has 0 aliphatic heterocycles. The van der Waals surface area contributed by atoms with Crippen LogP contribution in [0.2, 0.25) is 0 Å². The summed E-state index contributed by atoms with van der Waals surface area (Å²) in [5.74, 6) is 0.773. The summed E-state index contributed by atoms with van der Waals surface area (Å²) in [6.07, 6.45) is 1.74. The smallest absolute Gasteiger partial charge is 0.216 e. The Balaban J connectivity index is 2.99. The lowest BCUT2D eigenvalue weighted by Crippen LogP contribution is -2.02. The maximum absolute atomic E-state index is 5.46. The van der Waals surface area contributed by atoms with Crippen LogP contribution >= 0.6 is 0 Å². The molecular weight excluding hydrogens is 142 g/mol. The zero-order valence-electron chi connectivity index (χ0n) is 6.87. The number of hydrogen-bond acceptors (Lipinski definition) is 3. The van der Waals surface area contributed by atoms with E-state index < -0.39 is 0 Å². The van der Waals surface area contributed by atoms with E-state index in [1.165, 1.54) is 0 Å². The fourth-order valence-electron chi connectivity index (χ4n) is 1.01. The van der Waals surface area contributed by atoms with Crippen LogP contribution in [0.4, 0.5) is 0 Å². The third kappa shape index (κ3) is 1.35. The first-order valence-electron chi connectivity index (χ1n) is 3.62. The molecule has 4 nitrogen and oxygen atoms in total. The third-order valence-corrected chi connectivity index (χ3v) is 1.57. The predicted octanol–water partition coefficient (Wildman–Crippen LogP) is 0.370. The molecule has 11 heavy (non-hydrogen) atoms. The van der Waals surface area contributed by atoms with Crippen molar-refractivity contribution in [2.75, 3.05) is 7.11 Å². The number of rotatable bonds is 3. The first-order valence-corrected chi connectivity index (χ1v) is 3.62. The topological polar surface area (TPSA) is 53.1 Å². The average molecular weight is 155 g/mol. The molecule has 0 unspecified atom stereocenters. The Bertz CT molecular complexity index is 210. The van der Waals surface area contributed by atoms with Crippen molar-refractivity contribution in [1.82, 2.24) is 9.78 Å². The second-order valence-corrected chi connectivity index (χ2v) is 2.20. The molecule has 0 saturated heterocycles. The average Bonchev–Trinajstić information content (AvgIpc) is 2.45. The van der Waals surface area contributed by atoms with E-state index in [2.05, 4.69) is 5.10 Å². The van der Waals surface area contributed by atoms with E-state index in [9.17, 15) is 0 Å². The zero-order chi connectivity index (χ0) is 8.27. The first kappa shape index (κ1) is 8.07. The number of methoxy groups -OCH3 is 1. The Morgan fingerprint density at radius 1 is 1.73 bits per heavy atom. The molecule has 0 atom stereocenters. The van der Waals surface area contributed by atoms with Gasteiger partial charge in [0.25, 0.3) is 0 Å². The minimum atomic E-state index is 0.475. The minimum Gasteiger partial charge on any atom is -0.481 e. The van der Waals surface area contributed by atoms with E-state index in [-0.39, 0.29) is 0 Å². The quantitative estimate of drug-likeness (QED) is 0.686. The highest BCUT2D eigenvalue weighted by molar-refractivity contribution is 5.23. The minimum absolute atomic E-state index is 0.475. The van der Waals surface area contributed by atoms with Gasteiger partial charge in [0.2, 0.25) is 5.88 Å². The molecule has 62 valence electrons. The van der Waals surface area contributed by atoms with E-state index in [1.807, 2.05) is 6.92 Å². The van der Waals surface area contributed by atoms with Gasteiger partial charge in [-0.3, -0.25) is 0 Å². The highest BCUT2D eigenvalue weighted by Crippen LogP contribution is 2.16. The molecular formula is C7H13N3O. The number of aromatic nitrogens is 2. The second-order valence-electron chi connectivity index (χ2n) is 2.20. The molecule has 0 saturated carbocycles. The molecule has 2 N–H and O–H groups in total. The van der Waals surface area contributed by atoms with Crippen LogP contribution in [0.25, 0.3) is 0 Å². The lowest BCUT2D eigenvalue weighted by atomic mass is 10.3. The number of ether oxygens (including phenoxy) is 1. The molecule has 0 aliphatic carbocycles. The van der Waals surface area contributed by atoms with Gasteiger partial charge in [0.1, 0.15) is 0 Å². The van der Waals surface area contributed by atoms with Gasteiger partial charge in [0.05, 0.1) is 13.3 Å². The summed E-state index contributed by atoms with van der Waals surface area (Å²) in [5.41, 5.74) is 6.41. The molecule has 1 aromatic rings. The molecule has 1 aromatic heterocycles. The maximum atomic E-state index is 5.46. The first-order chi connectivity index (χ1) is 5.33. The summed E-state index contributed by atoms with van der Waals surface area (Å²) in [7, 11) is 1.63. The molecule has 1 rings (SSSR count). The highest BCUT2D eigenvalue weighted by atomic mass is 16.5. The van der Waals surface area contributed by atoms with Crippen molar-refractivity contribution in [3.8, 4) is 5.88 Å². The van der Waals surface area contributed by atoms with Crippen molar-refractivity contribution in [2.24, 2.45) is 5.73 Å². The van der Waals surface area contributed by atoms with Crippen LogP contribution in [-0.2, 0) is 13.1 Å². The van der Waals surface area contributed by atoms with Crippen LogP contribution in [0.3, 0.4) is 0 Å². The Morgan fingerprint density at radius 2 is 2.45 bits per heavy atom. The van der Waals surface area contributed by atoms with E-state index in [1.54, 1.807) is 18.0 Å². The summed E-state index contributed by atoms with van der Waals surface area (Å²) in [6.45, 7) is 3.29. The lowest BCUT2D eigenvalue weighted by Gasteiger charge is -2.03. The number of hydrogen-bond donors (Lipinski definition) is 1. The van der Waals surface area contributed by atoms with Gasteiger partial charge in [-0.05, 0) is 6.92 Å². The monoisotopic (exact) mass is 155 g/mol. The van der Waals surface area contributed by atoms with Crippen molar-refractivity contribution in [3.63, 3.8) is 0 Å². The van der Waals surface area contributed by atoms with Gasteiger partial charge in [-0.1, -0.05) is 0 Å². The molecule has 0 bridgehead atoms. The fourth-order valence-corrected chi connectivity index (χ4v) is 1.01. The molecule has 0 radical (unpaired) electrons. The van der Waals surface area contributed by atoms with Crippen LogP contribution in [0.15, 0.2) is 6.20 Å². The Labute approximate surface area is 66.0 Å². The Morgan fingerprint density at radius 3 is 2.91 bits per heavy atom. The molecule has 0 spiro atoms. The highest BCUT2D eigenvalue weighted by Gasteiger charge is 2.06. The number of nitrogens with two attached hydrogens (primary N) is 1. The van der Waals surface area contributed by atoms with Gasteiger partial charge in [-0.15, -0.1) is 0 Å². The normalized spacial score (nSPS) is 10.1. The van der Waals surface area contributed by atoms with Gasteiger partial charge in [-0.25, -0.2) is 4.68 Å². The molecule has 0 aliphatic rings. The lowest BCUT2D eigenvalue weighted by molar-refractivity contribution is 0.360. The maximum Gasteiger partial charge on any atom is 0.216 e. The van der Waals surface area contributed by atoms with Crippen molar-refractivity contribution in [2.45, 2.75) is 20.0 Å². The summed E-state index contributed by atoms with van der Waals surface area (Å²) in [6, 6.07) is 0. The van der Waals surface area contributed by atoms with Gasteiger partial charge < -0.3 is 10.5 Å². The van der Waals surface area contributed by atoms with Crippen LogP contribution < -0.4 is 10.5 Å². The van der Waals surface area contributed by atoms with E-state index in [4.69, 9.17) is 10.5 Å². The summed E-state index contributed by atoms with van der Waals surface area (Å²) < 4.78 is 6.90. The number of nitrogens with zero attached hydrogens (tertiary/aromatic N) is 2. The van der Waals surface area contributed by atoms with Crippen molar-refractivity contribution in [3.05, 3.63) is 11.8 Å². The fraction of sp³-hybridized carbons (Fsp3) is 0.571. The SMILES string of the molecule is CCn1ncc(CN)c1OC. The van der Waals surface area contributed by atoms with Crippen molar-refractivity contribution >= 4 is 0 Å². The molecule has 0 aromatic carbocycles. The summed E-state index contributed by atoms with van der Waals surface area (Å²) in [5, 5.41) is 4.09. The van der Waals surface area contributed by atoms with Gasteiger partial charge in [0.15, 0.2) is 0 Å². The Hall–Kier alpha value is -1.03.